The molecular weight excluding hydrogens is 274 g/mol. The monoisotopic (exact) mass is 283 g/mol. The summed E-state index contributed by atoms with van der Waals surface area (Å²) in [6, 6.07) is 0. The molecule has 0 spiro atoms. The second-order valence-corrected chi connectivity index (χ2v) is 3.25. The lowest BCUT2D eigenvalue weighted by Gasteiger charge is -2.12. The molecule has 0 aliphatic carbocycles. The van der Waals surface area contributed by atoms with Crippen molar-refractivity contribution in [2.45, 2.75) is 20.0 Å². The first kappa shape index (κ1) is 15.0. The number of esters is 1. The van der Waals surface area contributed by atoms with Crippen molar-refractivity contribution >= 4 is 5.97 Å². The molecule has 9 heteroatoms. The number of alkyl halides is 4. The van der Waals surface area contributed by atoms with E-state index in [9.17, 15) is 27.2 Å². The lowest BCUT2D eigenvalue weighted by molar-refractivity contribution is -0.275. The molecule has 1 N–H and O–H groups in total. The second kappa shape index (κ2) is 5.72. The molecule has 0 radical (unpaired) electrons. The fraction of sp³-hybridized carbons (Fsp3) is 0.400. The summed E-state index contributed by atoms with van der Waals surface area (Å²) in [5, 5.41) is 0. The molecule has 1 aromatic rings. The van der Waals surface area contributed by atoms with Crippen molar-refractivity contribution < 1.29 is 31.8 Å². The Morgan fingerprint density at radius 3 is 2.53 bits per heavy atom. The maximum Gasteiger partial charge on any atom is 0.573 e. The zero-order valence-electron chi connectivity index (χ0n) is 9.64. The van der Waals surface area contributed by atoms with Crippen molar-refractivity contribution in [3.8, 4) is 5.75 Å². The summed E-state index contributed by atoms with van der Waals surface area (Å²) in [4.78, 5) is 24.9. The molecule has 0 aliphatic heterocycles. The van der Waals surface area contributed by atoms with E-state index in [-0.39, 0.29) is 6.61 Å². The number of carbonyl (C=O) groups is 1. The Morgan fingerprint density at radius 2 is 2.05 bits per heavy atom. The van der Waals surface area contributed by atoms with Gasteiger partial charge in [-0.1, -0.05) is 0 Å². The number of halogens is 4. The van der Waals surface area contributed by atoms with E-state index in [1.54, 1.807) is 0 Å². The normalized spacial score (nSPS) is 11.2. The summed E-state index contributed by atoms with van der Waals surface area (Å²) in [7, 11) is 0. The average Bonchev–Trinajstić information content (AvgIpc) is 2.30. The fourth-order valence-corrected chi connectivity index (χ4v) is 1.22. The third-order valence-electron chi connectivity index (χ3n) is 1.96. The molecule has 106 valence electrons. The number of hydrogen-bond donors (Lipinski definition) is 1. The highest BCUT2D eigenvalue weighted by Crippen LogP contribution is 2.23. The summed E-state index contributed by atoms with van der Waals surface area (Å²) < 4.78 is 56.8. The molecule has 1 heterocycles. The fourth-order valence-electron chi connectivity index (χ4n) is 1.22. The first-order valence-corrected chi connectivity index (χ1v) is 5.03. The van der Waals surface area contributed by atoms with Crippen LogP contribution in [0.1, 0.15) is 23.0 Å². The number of carbonyl (C=O) groups excluding carboxylic acids is 1. The summed E-state index contributed by atoms with van der Waals surface area (Å²) >= 11 is 0. The van der Waals surface area contributed by atoms with Gasteiger partial charge in [0.25, 0.3) is 0 Å². The van der Waals surface area contributed by atoms with Crippen molar-refractivity contribution in [3.05, 3.63) is 27.7 Å². The van der Waals surface area contributed by atoms with Gasteiger partial charge >= 0.3 is 12.3 Å². The van der Waals surface area contributed by atoms with Gasteiger partial charge in [-0.25, -0.2) is 9.18 Å². The highest BCUT2D eigenvalue weighted by molar-refractivity contribution is 5.90. The lowest BCUT2D eigenvalue weighted by atomic mass is 10.2. The molecule has 0 amide bonds. The highest BCUT2D eigenvalue weighted by Gasteiger charge is 2.35. The molecule has 0 aromatic carbocycles. The number of aromatic nitrogens is 1. The van der Waals surface area contributed by atoms with E-state index in [0.717, 1.165) is 6.20 Å². The van der Waals surface area contributed by atoms with E-state index >= 15 is 0 Å². The minimum absolute atomic E-state index is 0.114. The molecule has 0 fully saturated rings. The Hall–Kier alpha value is -2.06. The van der Waals surface area contributed by atoms with E-state index in [1.165, 1.54) is 6.92 Å². The standard InChI is InChI=1S/C10H9F4NO4/c1-2-18-9(17)6-8(19-10(12,13)14)7(16)5(3-11)4-15-6/h4H,2-3H2,1H3,(H,15,16). The van der Waals surface area contributed by atoms with Gasteiger partial charge in [0, 0.05) is 6.20 Å². The van der Waals surface area contributed by atoms with Crippen LogP contribution in [0, 0.1) is 0 Å². The molecule has 0 saturated carbocycles. The van der Waals surface area contributed by atoms with Crippen LogP contribution in [0.15, 0.2) is 11.0 Å². The molecule has 0 saturated heterocycles. The van der Waals surface area contributed by atoms with E-state index in [4.69, 9.17) is 0 Å². The maximum atomic E-state index is 12.4. The minimum atomic E-state index is -5.19. The maximum absolute atomic E-state index is 12.4. The van der Waals surface area contributed by atoms with Crippen LogP contribution < -0.4 is 10.2 Å². The molecule has 19 heavy (non-hydrogen) atoms. The molecule has 5 nitrogen and oxygen atoms in total. The predicted molar refractivity (Wildman–Crippen MR) is 54.5 cm³/mol. The van der Waals surface area contributed by atoms with E-state index in [0.29, 0.717) is 0 Å². The molecular formula is C10H9F4NO4. The van der Waals surface area contributed by atoms with Crippen molar-refractivity contribution in [2.75, 3.05) is 6.61 Å². The van der Waals surface area contributed by atoms with Crippen LogP contribution in [0.3, 0.4) is 0 Å². The number of H-pyrrole nitrogens is 1. The number of rotatable bonds is 4. The van der Waals surface area contributed by atoms with Crippen LogP contribution in [0.25, 0.3) is 0 Å². The zero-order chi connectivity index (χ0) is 14.6. The number of hydrogen-bond acceptors (Lipinski definition) is 4. The second-order valence-electron chi connectivity index (χ2n) is 3.25. The summed E-state index contributed by atoms with van der Waals surface area (Å²) in [5.74, 6) is -2.54. The Balaban J connectivity index is 3.35. The molecule has 1 rings (SSSR count). The van der Waals surface area contributed by atoms with Crippen LogP contribution in [-0.4, -0.2) is 23.9 Å². The van der Waals surface area contributed by atoms with Crippen molar-refractivity contribution in [1.82, 2.24) is 4.98 Å². The van der Waals surface area contributed by atoms with Crippen LogP contribution >= 0.6 is 0 Å². The first-order valence-electron chi connectivity index (χ1n) is 5.03. The van der Waals surface area contributed by atoms with Gasteiger partial charge in [0.15, 0.2) is 5.69 Å². The van der Waals surface area contributed by atoms with Crippen LogP contribution in [0.2, 0.25) is 0 Å². The van der Waals surface area contributed by atoms with Gasteiger partial charge in [-0.15, -0.1) is 13.2 Å². The van der Waals surface area contributed by atoms with Crippen LogP contribution in [0.5, 0.6) is 5.75 Å². The molecule has 0 aliphatic rings. The van der Waals surface area contributed by atoms with Gasteiger partial charge in [-0.2, -0.15) is 0 Å². The van der Waals surface area contributed by atoms with E-state index < -0.39 is 41.4 Å². The quantitative estimate of drug-likeness (QED) is 0.677. The predicted octanol–water partition coefficient (Wildman–Crippen LogP) is 1.92. The van der Waals surface area contributed by atoms with Gasteiger partial charge in [-0.05, 0) is 6.92 Å². The van der Waals surface area contributed by atoms with Gasteiger partial charge in [0.2, 0.25) is 11.2 Å². The summed E-state index contributed by atoms with van der Waals surface area (Å²) in [5.41, 5.74) is -2.77. The van der Waals surface area contributed by atoms with E-state index in [2.05, 4.69) is 14.5 Å². The third kappa shape index (κ3) is 3.70. The number of ether oxygens (including phenoxy) is 2. The smallest absolute Gasteiger partial charge is 0.461 e. The van der Waals surface area contributed by atoms with Gasteiger partial charge in [0.05, 0.1) is 12.2 Å². The third-order valence-corrected chi connectivity index (χ3v) is 1.96. The topological polar surface area (TPSA) is 68.4 Å². The van der Waals surface area contributed by atoms with Crippen molar-refractivity contribution in [1.29, 1.82) is 0 Å². The van der Waals surface area contributed by atoms with Crippen molar-refractivity contribution in [2.24, 2.45) is 0 Å². The minimum Gasteiger partial charge on any atom is -0.461 e. The van der Waals surface area contributed by atoms with Crippen molar-refractivity contribution in [3.63, 3.8) is 0 Å². The van der Waals surface area contributed by atoms with Gasteiger partial charge in [0.1, 0.15) is 6.67 Å². The van der Waals surface area contributed by atoms with Crippen LogP contribution in [0.4, 0.5) is 17.6 Å². The Morgan fingerprint density at radius 1 is 1.42 bits per heavy atom. The number of aromatic amines is 1. The van der Waals surface area contributed by atoms with Gasteiger partial charge in [-0.3, -0.25) is 4.79 Å². The van der Waals surface area contributed by atoms with Crippen LogP contribution in [-0.2, 0) is 11.4 Å². The molecule has 1 aromatic heterocycles. The number of pyridine rings is 1. The zero-order valence-corrected chi connectivity index (χ0v) is 9.64. The largest absolute Gasteiger partial charge is 0.573 e. The molecule has 0 unspecified atom stereocenters. The Kier molecular flexibility index (Phi) is 4.52. The Bertz CT molecular complexity index is 523. The molecule has 0 atom stereocenters. The summed E-state index contributed by atoms with van der Waals surface area (Å²) in [6.45, 7) is 0.0140. The summed E-state index contributed by atoms with van der Waals surface area (Å²) in [6.07, 6.45) is -4.40. The number of nitrogens with one attached hydrogen (secondary N) is 1. The average molecular weight is 283 g/mol. The SMILES string of the molecule is CCOC(=O)c1[nH]cc(CF)c(=O)c1OC(F)(F)F. The Labute approximate surface area is 104 Å². The molecule has 0 bridgehead atoms. The van der Waals surface area contributed by atoms with Gasteiger partial charge < -0.3 is 14.5 Å². The van der Waals surface area contributed by atoms with E-state index in [1.807, 2.05) is 0 Å². The first-order chi connectivity index (χ1) is 8.80. The highest BCUT2D eigenvalue weighted by atomic mass is 19.4. The lowest BCUT2D eigenvalue weighted by Crippen LogP contribution is -2.26.